The molecule has 0 aliphatic heterocycles. The fraction of sp³-hybridized carbons (Fsp3) is 0.538. The van der Waals surface area contributed by atoms with Crippen molar-refractivity contribution in [1.29, 1.82) is 0 Å². The van der Waals surface area contributed by atoms with Crippen molar-refractivity contribution in [3.63, 3.8) is 0 Å². The summed E-state index contributed by atoms with van der Waals surface area (Å²) in [7, 11) is 0. The van der Waals surface area contributed by atoms with Gasteiger partial charge in [-0.15, -0.1) is 0 Å². The molecule has 2 heteroatoms. The van der Waals surface area contributed by atoms with Gasteiger partial charge in [-0.05, 0) is 47.9 Å². The van der Waals surface area contributed by atoms with Gasteiger partial charge in [0.2, 0.25) is 0 Å². The highest BCUT2D eigenvalue weighted by molar-refractivity contribution is 5.80. The number of hydrogen-bond donors (Lipinski definition) is 2. The highest BCUT2D eigenvalue weighted by atomic mass is 16.3. The van der Waals surface area contributed by atoms with E-state index in [-0.39, 0.29) is 11.5 Å². The van der Waals surface area contributed by atoms with Gasteiger partial charge in [-0.2, -0.15) is 0 Å². The second kappa shape index (κ2) is 11.1. The Labute approximate surface area is 171 Å². The Morgan fingerprint density at radius 1 is 0.714 bits per heavy atom. The van der Waals surface area contributed by atoms with Gasteiger partial charge in [-0.3, -0.25) is 0 Å². The van der Waals surface area contributed by atoms with Crippen LogP contribution in [0.15, 0.2) is 36.4 Å². The first-order valence-corrected chi connectivity index (χ1v) is 11.1. The predicted octanol–water partition coefficient (Wildman–Crippen LogP) is 8.13. The van der Waals surface area contributed by atoms with E-state index >= 15 is 0 Å². The molecule has 0 spiro atoms. The highest BCUT2D eigenvalue weighted by Gasteiger charge is 2.23. The van der Waals surface area contributed by atoms with Crippen LogP contribution in [0.4, 0.5) is 0 Å². The first kappa shape index (κ1) is 22.3. The van der Waals surface area contributed by atoms with E-state index in [0.29, 0.717) is 11.8 Å². The summed E-state index contributed by atoms with van der Waals surface area (Å²) in [6.45, 7) is 9.05. The second-order valence-corrected chi connectivity index (χ2v) is 8.27. The maximum absolute atomic E-state index is 10.8. The van der Waals surface area contributed by atoms with Gasteiger partial charge in [-0.1, -0.05) is 90.5 Å². The molecule has 2 rings (SSSR count). The minimum absolute atomic E-state index is 0.232. The van der Waals surface area contributed by atoms with E-state index in [4.69, 9.17) is 0 Å². The van der Waals surface area contributed by atoms with Crippen molar-refractivity contribution < 1.29 is 10.2 Å². The Morgan fingerprint density at radius 2 is 1.32 bits per heavy atom. The number of phenols is 2. The van der Waals surface area contributed by atoms with E-state index in [0.717, 1.165) is 24.0 Å². The number of phenolic OH excluding ortho intramolecular Hbond substituents is 2. The molecule has 0 aliphatic rings. The monoisotopic (exact) mass is 382 g/mol. The Hall–Kier alpha value is -1.96. The van der Waals surface area contributed by atoms with E-state index in [1.807, 2.05) is 24.3 Å². The normalized spacial score (nSPS) is 13.4. The quantitative estimate of drug-likeness (QED) is 0.385. The molecule has 0 saturated heterocycles. The van der Waals surface area contributed by atoms with Crippen molar-refractivity contribution in [2.45, 2.75) is 90.9 Å². The molecule has 0 aromatic heterocycles. The Balaban J connectivity index is 2.53. The molecular formula is C26H38O2. The molecule has 0 aliphatic carbocycles. The molecule has 2 aromatic carbocycles. The minimum Gasteiger partial charge on any atom is -0.507 e. The van der Waals surface area contributed by atoms with E-state index in [1.54, 1.807) is 6.07 Å². The summed E-state index contributed by atoms with van der Waals surface area (Å²) in [6.07, 6.45) is 9.61. The third-order valence-corrected chi connectivity index (χ3v) is 5.94. The molecule has 2 unspecified atom stereocenters. The predicted molar refractivity (Wildman–Crippen MR) is 120 cm³/mol. The fourth-order valence-electron chi connectivity index (χ4n) is 4.25. The fourth-order valence-corrected chi connectivity index (χ4v) is 4.25. The van der Waals surface area contributed by atoms with Crippen LogP contribution >= 0.6 is 0 Å². The SMILES string of the molecule is CCCCCC(C)c1ccc(O)c(-c2ccccc2O)c1C(C)CCCCC. The Bertz CT molecular complexity index is 735. The van der Waals surface area contributed by atoms with Gasteiger partial charge in [0.1, 0.15) is 11.5 Å². The van der Waals surface area contributed by atoms with E-state index in [9.17, 15) is 10.2 Å². The van der Waals surface area contributed by atoms with Crippen molar-refractivity contribution in [2.75, 3.05) is 0 Å². The van der Waals surface area contributed by atoms with Crippen molar-refractivity contribution in [1.82, 2.24) is 0 Å². The standard InChI is InChI=1S/C26H38O2/c1-5-7-9-13-19(3)21-17-18-24(28)26(22-15-11-12-16-23(22)27)25(21)20(4)14-10-8-6-2/h11-12,15-20,27-28H,5-10,13-14H2,1-4H3. The molecule has 0 heterocycles. The molecule has 2 N–H and O–H groups in total. The van der Waals surface area contributed by atoms with Gasteiger partial charge in [0.25, 0.3) is 0 Å². The molecule has 0 radical (unpaired) electrons. The second-order valence-electron chi connectivity index (χ2n) is 8.27. The number of benzene rings is 2. The van der Waals surface area contributed by atoms with Crippen LogP contribution in [0.2, 0.25) is 0 Å². The van der Waals surface area contributed by atoms with Crippen molar-refractivity contribution >= 4 is 0 Å². The van der Waals surface area contributed by atoms with Crippen LogP contribution in [-0.2, 0) is 0 Å². The lowest BCUT2D eigenvalue weighted by Crippen LogP contribution is -2.06. The Kier molecular flexibility index (Phi) is 8.89. The molecule has 2 atom stereocenters. The summed E-state index contributed by atoms with van der Waals surface area (Å²) in [5, 5.41) is 21.3. The smallest absolute Gasteiger partial charge is 0.123 e. The lowest BCUT2D eigenvalue weighted by molar-refractivity contribution is 0.466. The summed E-state index contributed by atoms with van der Waals surface area (Å²) in [4.78, 5) is 0. The van der Waals surface area contributed by atoms with Crippen LogP contribution < -0.4 is 0 Å². The van der Waals surface area contributed by atoms with Crippen LogP contribution in [-0.4, -0.2) is 10.2 Å². The van der Waals surface area contributed by atoms with Gasteiger partial charge in [-0.25, -0.2) is 0 Å². The van der Waals surface area contributed by atoms with Gasteiger partial charge < -0.3 is 10.2 Å². The average molecular weight is 383 g/mol. The van der Waals surface area contributed by atoms with Crippen LogP contribution in [0, 0.1) is 0 Å². The third kappa shape index (κ3) is 5.53. The molecule has 0 bridgehead atoms. The van der Waals surface area contributed by atoms with Crippen LogP contribution in [0.25, 0.3) is 11.1 Å². The molecule has 154 valence electrons. The summed E-state index contributed by atoms with van der Waals surface area (Å²) >= 11 is 0. The van der Waals surface area contributed by atoms with Gasteiger partial charge in [0.15, 0.2) is 0 Å². The zero-order valence-corrected chi connectivity index (χ0v) is 18.2. The highest BCUT2D eigenvalue weighted by Crippen LogP contribution is 2.45. The zero-order chi connectivity index (χ0) is 20.5. The minimum atomic E-state index is 0.232. The number of rotatable bonds is 11. The number of aromatic hydroxyl groups is 2. The molecule has 2 nitrogen and oxygen atoms in total. The van der Waals surface area contributed by atoms with E-state index < -0.39 is 0 Å². The molecule has 0 fully saturated rings. The molecule has 2 aromatic rings. The summed E-state index contributed by atoms with van der Waals surface area (Å²) < 4.78 is 0. The van der Waals surface area contributed by atoms with Gasteiger partial charge in [0.05, 0.1) is 0 Å². The van der Waals surface area contributed by atoms with Crippen LogP contribution in [0.5, 0.6) is 11.5 Å². The number of hydrogen-bond acceptors (Lipinski definition) is 2. The maximum Gasteiger partial charge on any atom is 0.123 e. The topological polar surface area (TPSA) is 40.5 Å². The average Bonchev–Trinajstić information content (AvgIpc) is 2.68. The lowest BCUT2D eigenvalue weighted by atomic mass is 9.79. The molecule has 0 amide bonds. The third-order valence-electron chi connectivity index (χ3n) is 5.94. The summed E-state index contributed by atoms with van der Waals surface area (Å²) in [6, 6.07) is 11.3. The Morgan fingerprint density at radius 3 is 1.93 bits per heavy atom. The van der Waals surface area contributed by atoms with Crippen molar-refractivity contribution in [2.24, 2.45) is 0 Å². The van der Waals surface area contributed by atoms with Crippen molar-refractivity contribution in [3.8, 4) is 22.6 Å². The summed E-state index contributed by atoms with van der Waals surface area (Å²) in [5.74, 6) is 1.29. The molecule has 0 saturated carbocycles. The summed E-state index contributed by atoms with van der Waals surface area (Å²) in [5.41, 5.74) is 4.11. The number of para-hydroxylation sites is 1. The lowest BCUT2D eigenvalue weighted by Gasteiger charge is -2.25. The first-order valence-electron chi connectivity index (χ1n) is 11.1. The van der Waals surface area contributed by atoms with Gasteiger partial charge in [0, 0.05) is 11.1 Å². The van der Waals surface area contributed by atoms with E-state index in [2.05, 4.69) is 33.8 Å². The van der Waals surface area contributed by atoms with Crippen LogP contribution in [0.1, 0.15) is 102 Å². The molecule has 28 heavy (non-hydrogen) atoms. The molecular weight excluding hydrogens is 344 g/mol. The number of unbranched alkanes of at least 4 members (excludes halogenated alkanes) is 4. The zero-order valence-electron chi connectivity index (χ0n) is 18.2. The van der Waals surface area contributed by atoms with Gasteiger partial charge >= 0.3 is 0 Å². The van der Waals surface area contributed by atoms with E-state index in [1.165, 1.54) is 49.7 Å². The largest absolute Gasteiger partial charge is 0.507 e. The van der Waals surface area contributed by atoms with Crippen molar-refractivity contribution in [3.05, 3.63) is 47.5 Å². The first-order chi connectivity index (χ1) is 13.5. The van der Waals surface area contributed by atoms with Crippen LogP contribution in [0.3, 0.4) is 0 Å². The maximum atomic E-state index is 10.8.